The largest absolute Gasteiger partial charge is 0.466 e. The third-order valence-corrected chi connectivity index (χ3v) is 8.30. The molecular weight excluding hydrogens is 580 g/mol. The Morgan fingerprint density at radius 3 is 1.46 bits per heavy atom. The Hall–Kier alpha value is -2.16. The lowest BCUT2D eigenvalue weighted by molar-refractivity contribution is -0.144. The van der Waals surface area contributed by atoms with Crippen molar-refractivity contribution >= 4 is 23.7 Å². The fourth-order valence-corrected chi connectivity index (χ4v) is 5.34. The van der Waals surface area contributed by atoms with Gasteiger partial charge < -0.3 is 25.8 Å². The molecule has 0 amide bonds. The van der Waals surface area contributed by atoms with Crippen LogP contribution >= 0.6 is 0 Å². The van der Waals surface area contributed by atoms with E-state index in [0.29, 0.717) is 45.7 Å². The van der Waals surface area contributed by atoms with Crippen LogP contribution in [0.3, 0.4) is 0 Å². The molecular formula is C37H72N4O5. The molecule has 0 fully saturated rings. The van der Waals surface area contributed by atoms with Crippen molar-refractivity contribution in [2.75, 3.05) is 32.8 Å². The van der Waals surface area contributed by atoms with Crippen LogP contribution in [0.2, 0.25) is 0 Å². The van der Waals surface area contributed by atoms with Gasteiger partial charge in [-0.15, -0.1) is 0 Å². The van der Waals surface area contributed by atoms with Gasteiger partial charge in [0.2, 0.25) is 0 Å². The number of hydrogen-bond donors (Lipinski definition) is 3. The lowest BCUT2D eigenvalue weighted by Gasteiger charge is -2.15. The molecule has 0 bridgehead atoms. The van der Waals surface area contributed by atoms with Crippen molar-refractivity contribution in [3.63, 3.8) is 0 Å². The van der Waals surface area contributed by atoms with Gasteiger partial charge in [0.1, 0.15) is 5.78 Å². The first-order chi connectivity index (χ1) is 22.4. The standard InChI is InChI=1S/C37H72N4O5/c1-4-6-8-10-12-14-16-18-20-22-31-45-35(43)26-29-39-34(33(3)42)25-24-28-40-37(38)41-30-27-36(44)46-32-23-21-19-17-15-13-11-9-7-5-2/h34,39H,4-32H2,1-3H3,(H3,38,40,41). The first kappa shape index (κ1) is 43.8. The third-order valence-electron chi connectivity index (χ3n) is 8.30. The van der Waals surface area contributed by atoms with Crippen LogP contribution in [-0.4, -0.2) is 62.6 Å². The monoisotopic (exact) mass is 653 g/mol. The number of esters is 2. The molecule has 9 heteroatoms. The van der Waals surface area contributed by atoms with Gasteiger partial charge in [0.15, 0.2) is 5.96 Å². The fraction of sp³-hybridized carbons (Fsp3) is 0.892. The molecule has 0 saturated carbocycles. The van der Waals surface area contributed by atoms with E-state index in [9.17, 15) is 14.4 Å². The zero-order chi connectivity index (χ0) is 33.9. The molecule has 0 rings (SSSR count). The van der Waals surface area contributed by atoms with Crippen LogP contribution in [0.4, 0.5) is 0 Å². The number of rotatable bonds is 34. The topological polar surface area (TPSA) is 132 Å². The third kappa shape index (κ3) is 31.8. The lowest BCUT2D eigenvalue weighted by Crippen LogP contribution is -2.37. The molecule has 1 unspecified atom stereocenters. The molecule has 0 aromatic rings. The Balaban J connectivity index is 3.76. The summed E-state index contributed by atoms with van der Waals surface area (Å²) < 4.78 is 10.7. The van der Waals surface area contributed by atoms with Crippen LogP contribution in [0, 0.1) is 0 Å². The molecule has 0 radical (unpaired) electrons. The molecule has 1 atom stereocenters. The predicted octanol–water partition coefficient (Wildman–Crippen LogP) is 7.93. The molecule has 0 saturated heterocycles. The van der Waals surface area contributed by atoms with Gasteiger partial charge in [-0.05, 0) is 32.6 Å². The highest BCUT2D eigenvalue weighted by molar-refractivity contribution is 5.81. The van der Waals surface area contributed by atoms with E-state index in [2.05, 4.69) is 29.5 Å². The number of nitrogens with zero attached hydrogens (tertiary/aromatic N) is 1. The van der Waals surface area contributed by atoms with Gasteiger partial charge in [0.05, 0.1) is 32.1 Å². The number of hydrogen-bond acceptors (Lipinski definition) is 7. The molecule has 46 heavy (non-hydrogen) atoms. The van der Waals surface area contributed by atoms with Crippen molar-refractivity contribution in [1.29, 1.82) is 0 Å². The minimum absolute atomic E-state index is 0.0325. The number of guanidine groups is 1. The number of ether oxygens (including phenoxy) is 2. The van der Waals surface area contributed by atoms with Crippen LogP contribution in [-0.2, 0) is 23.9 Å². The minimum Gasteiger partial charge on any atom is -0.466 e. The Bertz CT molecular complexity index is 762. The average Bonchev–Trinajstić information content (AvgIpc) is 3.03. The van der Waals surface area contributed by atoms with Crippen molar-refractivity contribution in [3.8, 4) is 0 Å². The molecule has 9 nitrogen and oxygen atoms in total. The molecule has 0 heterocycles. The zero-order valence-corrected chi connectivity index (χ0v) is 30.1. The maximum atomic E-state index is 12.0. The summed E-state index contributed by atoms with van der Waals surface area (Å²) in [5.74, 6) is -0.142. The molecule has 4 N–H and O–H groups in total. The summed E-state index contributed by atoms with van der Waals surface area (Å²) in [6.07, 6.45) is 26.7. The average molecular weight is 653 g/mol. The fourth-order valence-electron chi connectivity index (χ4n) is 5.34. The highest BCUT2D eigenvalue weighted by Crippen LogP contribution is 2.12. The van der Waals surface area contributed by atoms with E-state index in [1.807, 2.05) is 0 Å². The van der Waals surface area contributed by atoms with E-state index in [1.165, 1.54) is 103 Å². The van der Waals surface area contributed by atoms with Gasteiger partial charge in [-0.3, -0.25) is 19.4 Å². The molecule has 0 aliphatic rings. The second-order valence-electron chi connectivity index (χ2n) is 12.8. The Kier molecular flexibility index (Phi) is 32.6. The van der Waals surface area contributed by atoms with E-state index in [-0.39, 0.29) is 42.6 Å². The summed E-state index contributed by atoms with van der Waals surface area (Å²) in [7, 11) is 0. The van der Waals surface area contributed by atoms with Crippen molar-refractivity contribution in [2.24, 2.45) is 10.7 Å². The lowest BCUT2D eigenvalue weighted by atomic mass is 10.1. The van der Waals surface area contributed by atoms with Crippen LogP contribution in [0.1, 0.15) is 175 Å². The molecule has 0 spiro atoms. The molecule has 0 aromatic carbocycles. The number of carbonyl (C=O) groups excluding carboxylic acids is 3. The summed E-state index contributed by atoms with van der Waals surface area (Å²) >= 11 is 0. The van der Waals surface area contributed by atoms with Crippen molar-refractivity contribution < 1.29 is 23.9 Å². The van der Waals surface area contributed by atoms with E-state index in [0.717, 1.165) is 25.7 Å². The molecule has 0 aliphatic heterocycles. The predicted molar refractivity (Wildman–Crippen MR) is 191 cm³/mol. The molecule has 270 valence electrons. The van der Waals surface area contributed by atoms with Crippen LogP contribution in [0.15, 0.2) is 4.99 Å². The highest BCUT2D eigenvalue weighted by Gasteiger charge is 2.14. The van der Waals surface area contributed by atoms with Gasteiger partial charge in [-0.25, -0.2) is 0 Å². The van der Waals surface area contributed by atoms with E-state index in [4.69, 9.17) is 15.2 Å². The number of carbonyl (C=O) groups is 3. The summed E-state index contributed by atoms with van der Waals surface area (Å²) in [5.41, 5.74) is 5.92. The summed E-state index contributed by atoms with van der Waals surface area (Å²) in [4.78, 5) is 40.3. The number of Topliss-reactive ketones (excluding diaryl/α,β-unsaturated/α-hetero) is 1. The first-order valence-corrected chi connectivity index (χ1v) is 19.0. The van der Waals surface area contributed by atoms with Gasteiger partial charge in [0.25, 0.3) is 0 Å². The van der Waals surface area contributed by atoms with Crippen LogP contribution in [0.5, 0.6) is 0 Å². The number of nitrogens with two attached hydrogens (primary N) is 1. The summed E-state index contributed by atoms with van der Waals surface area (Å²) in [6.45, 7) is 8.23. The van der Waals surface area contributed by atoms with Gasteiger partial charge in [-0.2, -0.15) is 0 Å². The maximum absolute atomic E-state index is 12.0. The summed E-state index contributed by atoms with van der Waals surface area (Å²) in [6, 6.07) is -0.329. The number of aliphatic imine (C=N–C) groups is 1. The second kappa shape index (κ2) is 34.2. The van der Waals surface area contributed by atoms with Gasteiger partial charge in [-0.1, -0.05) is 129 Å². The Morgan fingerprint density at radius 2 is 1.02 bits per heavy atom. The quantitative estimate of drug-likeness (QED) is 0.0276. The Labute approximate surface area is 282 Å². The number of ketones is 1. The highest BCUT2D eigenvalue weighted by atomic mass is 16.5. The van der Waals surface area contributed by atoms with Gasteiger partial charge in [0, 0.05) is 19.6 Å². The van der Waals surface area contributed by atoms with Crippen molar-refractivity contribution in [1.82, 2.24) is 10.6 Å². The number of nitrogens with one attached hydrogen (secondary N) is 2. The smallest absolute Gasteiger partial charge is 0.307 e. The van der Waals surface area contributed by atoms with E-state index in [1.54, 1.807) is 6.92 Å². The maximum Gasteiger partial charge on any atom is 0.307 e. The van der Waals surface area contributed by atoms with Crippen molar-refractivity contribution in [3.05, 3.63) is 0 Å². The van der Waals surface area contributed by atoms with Gasteiger partial charge >= 0.3 is 11.9 Å². The Morgan fingerprint density at radius 1 is 0.609 bits per heavy atom. The van der Waals surface area contributed by atoms with E-state index >= 15 is 0 Å². The van der Waals surface area contributed by atoms with Crippen LogP contribution in [0.25, 0.3) is 0 Å². The van der Waals surface area contributed by atoms with Crippen molar-refractivity contribution in [2.45, 2.75) is 181 Å². The second-order valence-corrected chi connectivity index (χ2v) is 12.8. The molecule has 0 aliphatic carbocycles. The first-order valence-electron chi connectivity index (χ1n) is 19.0. The SMILES string of the molecule is CCCCCCCCCCCCOC(=O)CCNC(N)=NCCCC(NCCC(=O)OCCCCCCCCCCCC)C(C)=O. The summed E-state index contributed by atoms with van der Waals surface area (Å²) in [5, 5.41) is 6.12. The zero-order valence-electron chi connectivity index (χ0n) is 30.1. The van der Waals surface area contributed by atoms with E-state index < -0.39 is 0 Å². The normalized spacial score (nSPS) is 12.2. The molecule has 0 aromatic heterocycles. The minimum atomic E-state index is -0.329. The van der Waals surface area contributed by atoms with Crippen LogP contribution < -0.4 is 16.4 Å². The number of unbranched alkanes of at least 4 members (excludes halogenated alkanes) is 18.